The Bertz CT molecular complexity index is 694. The number of carbonyl (C=O) groups excluding carboxylic acids is 3. The van der Waals surface area contributed by atoms with E-state index in [4.69, 9.17) is 0 Å². The van der Waals surface area contributed by atoms with E-state index >= 15 is 0 Å². The summed E-state index contributed by atoms with van der Waals surface area (Å²) < 4.78 is 13.3. The molecular formula is C19H24FN3O3. The SMILES string of the molecule is O=C(NCCN1CCCC1=O)[C@H]1CCC(=O)N(Cc2cccc(F)c2)C1. The first kappa shape index (κ1) is 18.4. The minimum atomic E-state index is -0.335. The average Bonchev–Trinajstić information content (AvgIpc) is 3.02. The van der Waals surface area contributed by atoms with E-state index in [2.05, 4.69) is 5.32 Å². The molecule has 2 aliphatic rings. The number of piperidine rings is 1. The lowest BCUT2D eigenvalue weighted by Gasteiger charge is -2.32. The van der Waals surface area contributed by atoms with Crippen molar-refractivity contribution in [1.29, 1.82) is 0 Å². The Labute approximate surface area is 152 Å². The van der Waals surface area contributed by atoms with Crippen molar-refractivity contribution < 1.29 is 18.8 Å². The molecule has 0 saturated carbocycles. The number of halogens is 1. The number of nitrogens with zero attached hydrogens (tertiary/aromatic N) is 2. The highest BCUT2D eigenvalue weighted by atomic mass is 19.1. The number of hydrogen-bond acceptors (Lipinski definition) is 3. The van der Waals surface area contributed by atoms with Crippen LogP contribution in [0.1, 0.15) is 31.2 Å². The smallest absolute Gasteiger partial charge is 0.224 e. The van der Waals surface area contributed by atoms with Crippen LogP contribution in [-0.4, -0.2) is 53.7 Å². The van der Waals surface area contributed by atoms with Crippen LogP contribution in [0.4, 0.5) is 4.39 Å². The Balaban J connectivity index is 1.49. The van der Waals surface area contributed by atoms with Gasteiger partial charge in [0.25, 0.3) is 0 Å². The standard InChI is InChI=1S/C19H24FN3O3/c20-16-4-1-3-14(11-16)12-23-13-15(6-7-18(23)25)19(26)21-8-10-22-9-2-5-17(22)24/h1,3-4,11,15H,2,5-10,12-13H2,(H,21,26)/t15-/m0/s1. The molecule has 0 aromatic heterocycles. The van der Waals surface area contributed by atoms with E-state index < -0.39 is 0 Å². The zero-order chi connectivity index (χ0) is 18.5. The second-order valence-electron chi connectivity index (χ2n) is 6.92. The molecule has 0 spiro atoms. The van der Waals surface area contributed by atoms with Crippen LogP contribution in [0.2, 0.25) is 0 Å². The number of amides is 3. The molecule has 2 heterocycles. The molecule has 1 N–H and O–H groups in total. The van der Waals surface area contributed by atoms with Gasteiger partial charge in [-0.1, -0.05) is 12.1 Å². The predicted octanol–water partition coefficient (Wildman–Crippen LogP) is 1.30. The third-order valence-corrected chi connectivity index (χ3v) is 4.99. The second-order valence-corrected chi connectivity index (χ2v) is 6.92. The Morgan fingerprint density at radius 1 is 1.19 bits per heavy atom. The maximum atomic E-state index is 13.3. The van der Waals surface area contributed by atoms with Crippen LogP contribution in [0.15, 0.2) is 24.3 Å². The Morgan fingerprint density at radius 2 is 2.00 bits per heavy atom. The summed E-state index contributed by atoms with van der Waals surface area (Å²) in [7, 11) is 0. The van der Waals surface area contributed by atoms with Crippen molar-refractivity contribution in [2.24, 2.45) is 5.92 Å². The maximum absolute atomic E-state index is 13.3. The van der Waals surface area contributed by atoms with Crippen molar-refractivity contribution in [2.75, 3.05) is 26.2 Å². The van der Waals surface area contributed by atoms with Gasteiger partial charge in [-0.2, -0.15) is 0 Å². The molecule has 0 aliphatic carbocycles. The first-order chi connectivity index (χ1) is 12.5. The van der Waals surface area contributed by atoms with Crippen LogP contribution in [0, 0.1) is 11.7 Å². The second kappa shape index (κ2) is 8.29. The quantitative estimate of drug-likeness (QED) is 0.830. The molecule has 3 rings (SSSR count). The zero-order valence-electron chi connectivity index (χ0n) is 14.7. The first-order valence-corrected chi connectivity index (χ1v) is 9.10. The summed E-state index contributed by atoms with van der Waals surface area (Å²) in [6.45, 7) is 2.36. The van der Waals surface area contributed by atoms with Crippen LogP contribution in [0.25, 0.3) is 0 Å². The van der Waals surface area contributed by atoms with Crippen molar-refractivity contribution >= 4 is 17.7 Å². The number of rotatable bonds is 6. The largest absolute Gasteiger partial charge is 0.354 e. The van der Waals surface area contributed by atoms with Crippen molar-refractivity contribution in [3.8, 4) is 0 Å². The lowest BCUT2D eigenvalue weighted by molar-refractivity contribution is -0.139. The third kappa shape index (κ3) is 4.59. The van der Waals surface area contributed by atoms with Gasteiger partial charge in [0.1, 0.15) is 5.82 Å². The van der Waals surface area contributed by atoms with Crippen LogP contribution in [0.5, 0.6) is 0 Å². The molecule has 140 valence electrons. The average molecular weight is 361 g/mol. The summed E-state index contributed by atoms with van der Waals surface area (Å²) in [6.07, 6.45) is 2.31. The highest BCUT2D eigenvalue weighted by molar-refractivity contribution is 5.84. The van der Waals surface area contributed by atoms with E-state index in [0.717, 1.165) is 13.0 Å². The maximum Gasteiger partial charge on any atom is 0.224 e. The lowest BCUT2D eigenvalue weighted by Crippen LogP contribution is -2.46. The van der Waals surface area contributed by atoms with Gasteiger partial charge in [0, 0.05) is 45.6 Å². The summed E-state index contributed by atoms with van der Waals surface area (Å²) in [4.78, 5) is 39.5. The van der Waals surface area contributed by atoms with Gasteiger partial charge in [0.15, 0.2) is 0 Å². The van der Waals surface area contributed by atoms with Crippen molar-refractivity contribution in [3.05, 3.63) is 35.6 Å². The van der Waals surface area contributed by atoms with Gasteiger partial charge in [-0.15, -0.1) is 0 Å². The van der Waals surface area contributed by atoms with Gasteiger partial charge >= 0.3 is 0 Å². The van der Waals surface area contributed by atoms with Gasteiger partial charge < -0.3 is 15.1 Å². The molecule has 26 heavy (non-hydrogen) atoms. The molecule has 2 aliphatic heterocycles. The van der Waals surface area contributed by atoms with Gasteiger partial charge in [-0.25, -0.2) is 4.39 Å². The van der Waals surface area contributed by atoms with E-state index in [-0.39, 0.29) is 29.5 Å². The topological polar surface area (TPSA) is 69.7 Å². The Morgan fingerprint density at radius 3 is 2.73 bits per heavy atom. The predicted molar refractivity (Wildman–Crippen MR) is 93.4 cm³/mol. The molecule has 2 saturated heterocycles. The van der Waals surface area contributed by atoms with Crippen molar-refractivity contribution in [2.45, 2.75) is 32.2 Å². The molecule has 1 aromatic rings. The number of carbonyl (C=O) groups is 3. The Hall–Kier alpha value is -2.44. The van der Waals surface area contributed by atoms with E-state index in [1.165, 1.54) is 12.1 Å². The highest BCUT2D eigenvalue weighted by Crippen LogP contribution is 2.20. The molecule has 7 heteroatoms. The van der Waals surface area contributed by atoms with E-state index in [9.17, 15) is 18.8 Å². The monoisotopic (exact) mass is 361 g/mol. The fraction of sp³-hybridized carbons (Fsp3) is 0.526. The molecule has 1 atom stereocenters. The number of hydrogen-bond donors (Lipinski definition) is 1. The molecule has 2 fully saturated rings. The Kier molecular flexibility index (Phi) is 5.85. The van der Waals surface area contributed by atoms with Gasteiger partial charge in [-0.3, -0.25) is 14.4 Å². The number of nitrogens with one attached hydrogen (secondary N) is 1. The summed E-state index contributed by atoms with van der Waals surface area (Å²) >= 11 is 0. The normalized spacial score (nSPS) is 20.6. The van der Waals surface area contributed by atoms with Gasteiger partial charge in [0.2, 0.25) is 17.7 Å². The van der Waals surface area contributed by atoms with Gasteiger partial charge in [0.05, 0.1) is 5.92 Å². The molecule has 3 amide bonds. The van der Waals surface area contributed by atoms with E-state index in [0.29, 0.717) is 51.0 Å². The van der Waals surface area contributed by atoms with Crippen LogP contribution >= 0.6 is 0 Å². The summed E-state index contributed by atoms with van der Waals surface area (Å²) in [5.74, 6) is -0.564. The molecule has 0 bridgehead atoms. The molecule has 0 unspecified atom stereocenters. The van der Waals surface area contributed by atoms with Crippen molar-refractivity contribution in [1.82, 2.24) is 15.1 Å². The minimum absolute atomic E-state index is 0.0130. The molecule has 1 aromatic carbocycles. The number of likely N-dealkylation sites (tertiary alicyclic amines) is 2. The summed E-state index contributed by atoms with van der Waals surface area (Å²) in [5.41, 5.74) is 0.715. The van der Waals surface area contributed by atoms with Crippen LogP contribution in [-0.2, 0) is 20.9 Å². The van der Waals surface area contributed by atoms with Gasteiger partial charge in [-0.05, 0) is 30.5 Å². The van der Waals surface area contributed by atoms with Crippen LogP contribution < -0.4 is 5.32 Å². The highest BCUT2D eigenvalue weighted by Gasteiger charge is 2.30. The fourth-order valence-electron chi connectivity index (χ4n) is 3.54. The molecule has 0 radical (unpaired) electrons. The summed E-state index contributed by atoms with van der Waals surface area (Å²) in [6, 6.07) is 6.16. The fourth-order valence-corrected chi connectivity index (χ4v) is 3.54. The minimum Gasteiger partial charge on any atom is -0.354 e. The summed E-state index contributed by atoms with van der Waals surface area (Å²) in [5, 5.41) is 2.88. The first-order valence-electron chi connectivity index (χ1n) is 9.10. The van der Waals surface area contributed by atoms with E-state index in [1.807, 2.05) is 0 Å². The van der Waals surface area contributed by atoms with Crippen LogP contribution in [0.3, 0.4) is 0 Å². The van der Waals surface area contributed by atoms with Crippen molar-refractivity contribution in [3.63, 3.8) is 0 Å². The third-order valence-electron chi connectivity index (χ3n) is 4.99. The van der Waals surface area contributed by atoms with E-state index in [1.54, 1.807) is 21.9 Å². The number of benzene rings is 1. The molecular weight excluding hydrogens is 337 g/mol. The molecule has 6 nitrogen and oxygen atoms in total. The lowest BCUT2D eigenvalue weighted by atomic mass is 9.96. The zero-order valence-corrected chi connectivity index (χ0v) is 14.7.